The van der Waals surface area contributed by atoms with E-state index in [0.717, 1.165) is 11.9 Å². The van der Waals surface area contributed by atoms with Crippen LogP contribution in [0, 0.1) is 11.3 Å². The summed E-state index contributed by atoms with van der Waals surface area (Å²) in [5.41, 5.74) is 2.37. The van der Waals surface area contributed by atoms with Gasteiger partial charge in [0, 0.05) is 31.8 Å². The number of carbonyl (C=O) groups excluding carboxylic acids is 2. The molecule has 116 valence electrons. The van der Waals surface area contributed by atoms with E-state index in [2.05, 4.69) is 17.2 Å². The van der Waals surface area contributed by atoms with Crippen LogP contribution in [0.2, 0.25) is 0 Å². The lowest BCUT2D eigenvalue weighted by atomic mass is 9.90. The Labute approximate surface area is 126 Å². The molecular weight excluding hydrogens is 266 g/mol. The van der Waals surface area contributed by atoms with Gasteiger partial charge in [0.2, 0.25) is 5.91 Å². The van der Waals surface area contributed by atoms with E-state index < -0.39 is 5.92 Å². The smallest absolute Gasteiger partial charge is 0.228 e. The Morgan fingerprint density at radius 3 is 2.29 bits per heavy atom. The number of aldehydes is 1. The summed E-state index contributed by atoms with van der Waals surface area (Å²) in [4.78, 5) is 22.5. The number of carbonyl (C=O) groups is 2. The van der Waals surface area contributed by atoms with Gasteiger partial charge in [-0.1, -0.05) is 24.3 Å². The fourth-order valence-corrected chi connectivity index (χ4v) is 1.74. The Bertz CT molecular complexity index is 472. The maximum atomic E-state index is 12.0. The van der Waals surface area contributed by atoms with E-state index in [1.165, 1.54) is 7.05 Å². The summed E-state index contributed by atoms with van der Waals surface area (Å²) < 4.78 is 0. The van der Waals surface area contributed by atoms with Crippen molar-refractivity contribution in [1.82, 2.24) is 10.6 Å². The molecule has 0 saturated carbocycles. The Morgan fingerprint density at radius 1 is 1.24 bits per heavy atom. The second-order valence-corrected chi connectivity index (χ2v) is 4.88. The average Bonchev–Trinajstić information content (AvgIpc) is 2.46. The van der Waals surface area contributed by atoms with Crippen LogP contribution >= 0.6 is 0 Å². The summed E-state index contributed by atoms with van der Waals surface area (Å²) in [5.74, 6) is -0.934. The van der Waals surface area contributed by atoms with E-state index in [9.17, 15) is 9.59 Å². The molecule has 0 saturated heterocycles. The minimum atomic E-state index is -0.665. The molecule has 0 fully saturated rings. The summed E-state index contributed by atoms with van der Waals surface area (Å²) in [6.45, 7) is 7.76. The lowest BCUT2D eigenvalue weighted by Gasteiger charge is -2.19. The first-order valence-electron chi connectivity index (χ1n) is 6.85. The highest BCUT2D eigenvalue weighted by Crippen LogP contribution is 2.18. The third-order valence-corrected chi connectivity index (χ3v) is 2.98. The minimum absolute atomic E-state index is 0.160. The van der Waals surface area contributed by atoms with Crippen molar-refractivity contribution in [2.75, 3.05) is 14.1 Å². The van der Waals surface area contributed by atoms with E-state index in [4.69, 9.17) is 5.41 Å². The van der Waals surface area contributed by atoms with Crippen molar-refractivity contribution in [1.29, 1.82) is 5.41 Å². The quantitative estimate of drug-likeness (QED) is 0.345. The lowest BCUT2D eigenvalue weighted by molar-refractivity contribution is -0.122. The van der Waals surface area contributed by atoms with Crippen LogP contribution in [0.1, 0.15) is 26.7 Å². The van der Waals surface area contributed by atoms with Crippen LogP contribution in [-0.2, 0) is 9.59 Å². The number of amides is 1. The molecule has 0 heterocycles. The van der Waals surface area contributed by atoms with Crippen LogP contribution in [0.25, 0.3) is 0 Å². The number of hydrogen-bond donors (Lipinski definition) is 3. The molecule has 3 N–H and O–H groups in total. The van der Waals surface area contributed by atoms with E-state index in [-0.39, 0.29) is 18.0 Å². The Balaban J connectivity index is 5.53. The van der Waals surface area contributed by atoms with Gasteiger partial charge in [-0.15, -0.1) is 0 Å². The van der Waals surface area contributed by atoms with Crippen molar-refractivity contribution < 1.29 is 9.59 Å². The van der Waals surface area contributed by atoms with E-state index in [1.807, 2.05) is 19.9 Å². The van der Waals surface area contributed by atoms with Crippen molar-refractivity contribution in [3.05, 3.63) is 35.6 Å². The first-order chi connectivity index (χ1) is 9.88. The number of nitrogens with one attached hydrogen (secondary N) is 3. The average molecular weight is 291 g/mol. The van der Waals surface area contributed by atoms with Gasteiger partial charge in [-0.05, 0) is 20.3 Å². The molecule has 0 aromatic carbocycles. The first-order valence-corrected chi connectivity index (χ1v) is 6.85. The molecule has 0 radical (unpaired) electrons. The van der Waals surface area contributed by atoms with Gasteiger partial charge in [0.05, 0.1) is 11.6 Å². The zero-order valence-corrected chi connectivity index (χ0v) is 13.2. The van der Waals surface area contributed by atoms with Gasteiger partial charge >= 0.3 is 0 Å². The van der Waals surface area contributed by atoms with Crippen molar-refractivity contribution in [3.63, 3.8) is 0 Å². The molecule has 1 amide bonds. The molecule has 0 aliphatic carbocycles. The summed E-state index contributed by atoms with van der Waals surface area (Å²) >= 11 is 0. The Kier molecular flexibility index (Phi) is 8.69. The zero-order valence-electron chi connectivity index (χ0n) is 13.2. The van der Waals surface area contributed by atoms with Crippen molar-refractivity contribution in [2.45, 2.75) is 26.7 Å². The SMILES string of the molecule is C=C(NC)/C(=C\C=C(C)C)C(=N)C(CCC=O)C(=O)NC. The predicted octanol–water partition coefficient (Wildman–Crippen LogP) is 1.97. The van der Waals surface area contributed by atoms with Crippen LogP contribution in [0.4, 0.5) is 0 Å². The van der Waals surface area contributed by atoms with Gasteiger partial charge < -0.3 is 20.8 Å². The van der Waals surface area contributed by atoms with Crippen LogP contribution in [-0.4, -0.2) is 32.0 Å². The molecule has 21 heavy (non-hydrogen) atoms. The summed E-state index contributed by atoms with van der Waals surface area (Å²) in [5, 5.41) is 13.8. The topological polar surface area (TPSA) is 82.1 Å². The summed E-state index contributed by atoms with van der Waals surface area (Å²) in [7, 11) is 3.24. The third-order valence-electron chi connectivity index (χ3n) is 2.98. The molecular formula is C16H25N3O2. The molecule has 0 bridgehead atoms. The largest absolute Gasteiger partial charge is 0.388 e. The molecule has 0 rings (SSSR count). The Morgan fingerprint density at radius 2 is 1.86 bits per heavy atom. The molecule has 0 spiro atoms. The van der Waals surface area contributed by atoms with Gasteiger partial charge in [-0.3, -0.25) is 4.79 Å². The van der Waals surface area contributed by atoms with Gasteiger partial charge in [0.15, 0.2) is 0 Å². The highest BCUT2D eigenvalue weighted by atomic mass is 16.1. The second-order valence-electron chi connectivity index (χ2n) is 4.88. The lowest BCUT2D eigenvalue weighted by Crippen LogP contribution is -2.34. The van der Waals surface area contributed by atoms with Crippen LogP contribution in [0.3, 0.4) is 0 Å². The van der Waals surface area contributed by atoms with E-state index in [0.29, 0.717) is 17.7 Å². The predicted molar refractivity (Wildman–Crippen MR) is 86.3 cm³/mol. The van der Waals surface area contributed by atoms with Crippen molar-refractivity contribution in [2.24, 2.45) is 5.92 Å². The van der Waals surface area contributed by atoms with Crippen LogP contribution in [0.5, 0.6) is 0 Å². The second kappa shape index (κ2) is 9.69. The summed E-state index contributed by atoms with van der Waals surface area (Å²) in [6.07, 6.45) is 4.95. The monoisotopic (exact) mass is 291 g/mol. The number of hydrogen-bond acceptors (Lipinski definition) is 4. The molecule has 0 aromatic heterocycles. The van der Waals surface area contributed by atoms with Crippen LogP contribution in [0.15, 0.2) is 35.6 Å². The molecule has 0 aromatic rings. The number of likely N-dealkylation sites (N-methyl/N-ethyl adjacent to an activating group) is 1. The summed E-state index contributed by atoms with van der Waals surface area (Å²) in [6, 6.07) is 0. The van der Waals surface area contributed by atoms with Crippen LogP contribution < -0.4 is 10.6 Å². The van der Waals surface area contributed by atoms with Gasteiger partial charge in [-0.2, -0.15) is 0 Å². The molecule has 0 aliphatic heterocycles. The first kappa shape index (κ1) is 18.8. The molecule has 5 heteroatoms. The maximum Gasteiger partial charge on any atom is 0.228 e. The third kappa shape index (κ3) is 6.21. The maximum absolute atomic E-state index is 12.0. The molecule has 1 atom stereocenters. The normalized spacial score (nSPS) is 12.1. The standard InChI is InChI=1S/C16H25N3O2/c1-11(2)8-9-13(12(3)18-4)15(17)14(7-6-10-20)16(21)19-5/h8-10,14,17-18H,3,6-7H2,1-2,4-5H3,(H,19,21)/b13-9+,17-15?. The molecule has 5 nitrogen and oxygen atoms in total. The molecule has 0 aliphatic rings. The van der Waals surface area contributed by atoms with Gasteiger partial charge in [-0.25, -0.2) is 0 Å². The highest BCUT2D eigenvalue weighted by molar-refractivity contribution is 6.13. The van der Waals surface area contributed by atoms with Gasteiger partial charge in [0.25, 0.3) is 0 Å². The zero-order chi connectivity index (χ0) is 16.4. The minimum Gasteiger partial charge on any atom is -0.388 e. The van der Waals surface area contributed by atoms with E-state index in [1.54, 1.807) is 13.1 Å². The van der Waals surface area contributed by atoms with Gasteiger partial charge in [0.1, 0.15) is 6.29 Å². The highest BCUT2D eigenvalue weighted by Gasteiger charge is 2.25. The number of rotatable bonds is 9. The number of allylic oxidation sites excluding steroid dienone is 4. The Hall–Kier alpha value is -2.17. The van der Waals surface area contributed by atoms with Crippen molar-refractivity contribution >= 4 is 17.9 Å². The fourth-order valence-electron chi connectivity index (χ4n) is 1.74. The van der Waals surface area contributed by atoms with Crippen molar-refractivity contribution in [3.8, 4) is 0 Å². The van der Waals surface area contributed by atoms with E-state index >= 15 is 0 Å². The fraction of sp³-hybridized carbons (Fsp3) is 0.438. The molecule has 1 unspecified atom stereocenters.